The lowest BCUT2D eigenvalue weighted by atomic mass is 9.86. The lowest BCUT2D eigenvalue weighted by Gasteiger charge is -2.24. The molecule has 2 unspecified atom stereocenters. The molecule has 1 rings (SSSR count). The predicted molar refractivity (Wildman–Crippen MR) is 68.3 cm³/mol. The molecule has 0 saturated carbocycles. The van der Waals surface area contributed by atoms with E-state index in [0.717, 1.165) is 12.8 Å². The zero-order chi connectivity index (χ0) is 12.3. The molecule has 1 aromatic rings. The van der Waals surface area contributed by atoms with Gasteiger partial charge in [0.25, 0.3) is 0 Å². The van der Waals surface area contributed by atoms with Crippen molar-refractivity contribution in [1.82, 2.24) is 9.78 Å². The molecule has 0 bridgehead atoms. The second-order valence-corrected chi connectivity index (χ2v) is 5.08. The highest BCUT2D eigenvalue weighted by atomic mass is 15.3. The van der Waals surface area contributed by atoms with E-state index in [0.29, 0.717) is 11.8 Å². The molecular formula is C13H25N3. The SMILES string of the molecule is CCc1cc(CC(C(C)C)C(C)N)n(C)n1. The Bertz CT molecular complexity index is 318. The monoisotopic (exact) mass is 223 g/mol. The van der Waals surface area contributed by atoms with Crippen LogP contribution in [0.25, 0.3) is 0 Å². The number of rotatable bonds is 5. The standard InChI is InChI=1S/C13H25N3/c1-6-11-7-12(16(5)15-11)8-13(9(2)3)10(4)14/h7,9-10,13H,6,8,14H2,1-5H3. The quantitative estimate of drug-likeness (QED) is 0.831. The summed E-state index contributed by atoms with van der Waals surface area (Å²) in [6.45, 7) is 8.72. The van der Waals surface area contributed by atoms with Crippen LogP contribution in [-0.2, 0) is 19.9 Å². The van der Waals surface area contributed by atoms with Crippen molar-refractivity contribution in [3.05, 3.63) is 17.5 Å². The van der Waals surface area contributed by atoms with E-state index in [1.54, 1.807) is 0 Å². The average Bonchev–Trinajstić information content (AvgIpc) is 2.54. The summed E-state index contributed by atoms with van der Waals surface area (Å²) in [5.74, 6) is 1.14. The number of aromatic nitrogens is 2. The molecule has 0 radical (unpaired) electrons. The molecule has 0 aliphatic heterocycles. The van der Waals surface area contributed by atoms with Crippen LogP contribution >= 0.6 is 0 Å². The van der Waals surface area contributed by atoms with Crippen LogP contribution < -0.4 is 5.73 Å². The van der Waals surface area contributed by atoms with Crippen LogP contribution in [-0.4, -0.2) is 15.8 Å². The van der Waals surface area contributed by atoms with Gasteiger partial charge in [-0.3, -0.25) is 4.68 Å². The van der Waals surface area contributed by atoms with Crippen molar-refractivity contribution in [2.45, 2.75) is 46.6 Å². The fourth-order valence-electron chi connectivity index (χ4n) is 2.21. The van der Waals surface area contributed by atoms with Crippen LogP contribution in [0, 0.1) is 11.8 Å². The van der Waals surface area contributed by atoms with Crippen molar-refractivity contribution in [2.24, 2.45) is 24.6 Å². The first-order valence-electron chi connectivity index (χ1n) is 6.23. The molecule has 0 aliphatic carbocycles. The third kappa shape index (κ3) is 3.08. The van der Waals surface area contributed by atoms with E-state index in [1.165, 1.54) is 11.4 Å². The molecule has 2 N–H and O–H groups in total. The minimum Gasteiger partial charge on any atom is -0.328 e. The molecular weight excluding hydrogens is 198 g/mol. The first-order chi connectivity index (χ1) is 7.45. The van der Waals surface area contributed by atoms with Crippen LogP contribution in [0.5, 0.6) is 0 Å². The first kappa shape index (κ1) is 13.2. The van der Waals surface area contributed by atoms with Gasteiger partial charge in [-0.1, -0.05) is 20.8 Å². The first-order valence-corrected chi connectivity index (χ1v) is 6.23. The summed E-state index contributed by atoms with van der Waals surface area (Å²) in [6.07, 6.45) is 2.02. The summed E-state index contributed by atoms with van der Waals surface area (Å²) in [5, 5.41) is 4.48. The van der Waals surface area contributed by atoms with Crippen LogP contribution in [0.1, 0.15) is 39.1 Å². The van der Waals surface area contributed by atoms with Crippen LogP contribution in [0.2, 0.25) is 0 Å². The Hall–Kier alpha value is -0.830. The van der Waals surface area contributed by atoms with Crippen molar-refractivity contribution in [1.29, 1.82) is 0 Å². The molecule has 2 atom stereocenters. The molecule has 0 aromatic carbocycles. The van der Waals surface area contributed by atoms with Crippen LogP contribution in [0.15, 0.2) is 6.07 Å². The fraction of sp³-hybridized carbons (Fsp3) is 0.769. The van der Waals surface area contributed by atoms with Crippen LogP contribution in [0.4, 0.5) is 0 Å². The van der Waals surface area contributed by atoms with Gasteiger partial charge in [0.1, 0.15) is 0 Å². The summed E-state index contributed by atoms with van der Waals surface area (Å²) < 4.78 is 2.00. The summed E-state index contributed by atoms with van der Waals surface area (Å²) >= 11 is 0. The number of nitrogens with two attached hydrogens (primary N) is 1. The van der Waals surface area contributed by atoms with E-state index >= 15 is 0 Å². The molecule has 92 valence electrons. The van der Waals surface area contributed by atoms with Gasteiger partial charge in [-0.05, 0) is 37.7 Å². The zero-order valence-electron chi connectivity index (χ0n) is 11.2. The molecule has 16 heavy (non-hydrogen) atoms. The molecule has 1 heterocycles. The highest BCUT2D eigenvalue weighted by Crippen LogP contribution is 2.20. The summed E-state index contributed by atoms with van der Waals surface area (Å²) in [7, 11) is 2.02. The summed E-state index contributed by atoms with van der Waals surface area (Å²) in [6, 6.07) is 2.44. The van der Waals surface area contributed by atoms with E-state index in [4.69, 9.17) is 5.73 Å². The van der Waals surface area contributed by atoms with Gasteiger partial charge in [0.05, 0.1) is 5.69 Å². The van der Waals surface area contributed by atoms with E-state index in [1.807, 2.05) is 11.7 Å². The third-order valence-corrected chi connectivity index (χ3v) is 3.37. The van der Waals surface area contributed by atoms with E-state index in [2.05, 4.69) is 38.9 Å². The Labute approximate surface area is 99.0 Å². The maximum atomic E-state index is 6.05. The lowest BCUT2D eigenvalue weighted by molar-refractivity contribution is 0.324. The molecule has 0 fully saturated rings. The van der Waals surface area contributed by atoms with Gasteiger partial charge in [0.15, 0.2) is 0 Å². The predicted octanol–water partition coefficient (Wildman–Crippen LogP) is 2.14. The van der Waals surface area contributed by atoms with Gasteiger partial charge in [-0.15, -0.1) is 0 Å². The highest BCUT2D eigenvalue weighted by molar-refractivity contribution is 5.11. The molecule has 0 saturated heterocycles. The van der Waals surface area contributed by atoms with Crippen LogP contribution in [0.3, 0.4) is 0 Å². The van der Waals surface area contributed by atoms with Crippen molar-refractivity contribution in [3.8, 4) is 0 Å². The maximum absolute atomic E-state index is 6.05. The maximum Gasteiger partial charge on any atom is 0.0624 e. The molecule has 0 spiro atoms. The van der Waals surface area contributed by atoms with Gasteiger partial charge in [-0.25, -0.2) is 0 Å². The molecule has 0 amide bonds. The van der Waals surface area contributed by atoms with Gasteiger partial charge < -0.3 is 5.73 Å². The number of hydrogen-bond acceptors (Lipinski definition) is 2. The van der Waals surface area contributed by atoms with Crippen molar-refractivity contribution >= 4 is 0 Å². The van der Waals surface area contributed by atoms with Crippen molar-refractivity contribution < 1.29 is 0 Å². The average molecular weight is 223 g/mol. The number of nitrogens with zero attached hydrogens (tertiary/aromatic N) is 2. The zero-order valence-corrected chi connectivity index (χ0v) is 11.2. The highest BCUT2D eigenvalue weighted by Gasteiger charge is 2.20. The van der Waals surface area contributed by atoms with E-state index in [9.17, 15) is 0 Å². The minimum atomic E-state index is 0.236. The van der Waals surface area contributed by atoms with Crippen molar-refractivity contribution in [3.63, 3.8) is 0 Å². The van der Waals surface area contributed by atoms with Gasteiger partial charge in [0, 0.05) is 18.8 Å². The normalized spacial score (nSPS) is 15.4. The summed E-state index contributed by atoms with van der Waals surface area (Å²) in [5.41, 5.74) is 8.52. The Morgan fingerprint density at radius 3 is 2.38 bits per heavy atom. The molecule has 1 aromatic heterocycles. The third-order valence-electron chi connectivity index (χ3n) is 3.37. The van der Waals surface area contributed by atoms with Crippen molar-refractivity contribution in [2.75, 3.05) is 0 Å². The lowest BCUT2D eigenvalue weighted by Crippen LogP contribution is -2.32. The molecule has 3 nitrogen and oxygen atoms in total. The minimum absolute atomic E-state index is 0.236. The Morgan fingerprint density at radius 2 is 2.00 bits per heavy atom. The van der Waals surface area contributed by atoms with E-state index < -0.39 is 0 Å². The smallest absolute Gasteiger partial charge is 0.0624 e. The van der Waals surface area contributed by atoms with Gasteiger partial charge in [-0.2, -0.15) is 5.10 Å². The Morgan fingerprint density at radius 1 is 1.38 bits per heavy atom. The fourth-order valence-corrected chi connectivity index (χ4v) is 2.21. The summed E-state index contributed by atoms with van der Waals surface area (Å²) in [4.78, 5) is 0. The largest absolute Gasteiger partial charge is 0.328 e. The number of aryl methyl sites for hydroxylation is 2. The molecule has 3 heteroatoms. The second-order valence-electron chi connectivity index (χ2n) is 5.08. The number of hydrogen-bond donors (Lipinski definition) is 1. The molecule has 0 aliphatic rings. The Kier molecular flexibility index (Phi) is 4.54. The second kappa shape index (κ2) is 5.48. The van der Waals surface area contributed by atoms with Gasteiger partial charge >= 0.3 is 0 Å². The van der Waals surface area contributed by atoms with E-state index in [-0.39, 0.29) is 6.04 Å². The topological polar surface area (TPSA) is 43.8 Å². The Balaban J connectivity index is 2.80. The van der Waals surface area contributed by atoms with Gasteiger partial charge in [0.2, 0.25) is 0 Å².